The first-order valence-electron chi connectivity index (χ1n) is 5.34. The van der Waals surface area contributed by atoms with Gasteiger partial charge in [-0.25, -0.2) is 4.98 Å². The summed E-state index contributed by atoms with van der Waals surface area (Å²) in [7, 11) is 0. The quantitative estimate of drug-likeness (QED) is 0.832. The van der Waals surface area contributed by atoms with E-state index >= 15 is 0 Å². The number of amides is 1. The number of benzene rings is 1. The van der Waals surface area contributed by atoms with Crippen LogP contribution in [0.25, 0.3) is 0 Å². The Balaban J connectivity index is 2.15. The number of aromatic nitrogens is 2. The number of rotatable bonds is 3. The third kappa shape index (κ3) is 2.76. The van der Waals surface area contributed by atoms with E-state index in [1.807, 2.05) is 0 Å². The van der Waals surface area contributed by atoms with E-state index in [9.17, 15) is 9.59 Å². The van der Waals surface area contributed by atoms with Crippen LogP contribution in [-0.4, -0.2) is 22.2 Å². The minimum atomic E-state index is -0.356. The maximum absolute atomic E-state index is 11.8. The molecule has 0 fully saturated rings. The van der Waals surface area contributed by atoms with Crippen molar-refractivity contribution in [3.8, 4) is 0 Å². The number of anilines is 1. The Kier molecular flexibility index (Phi) is 3.43. The van der Waals surface area contributed by atoms with Gasteiger partial charge in [0.2, 0.25) is 0 Å². The molecule has 0 bridgehead atoms. The average molecular weight is 241 g/mol. The summed E-state index contributed by atoms with van der Waals surface area (Å²) in [6.07, 6.45) is 3.66. The second kappa shape index (κ2) is 5.18. The third-order valence-electron chi connectivity index (χ3n) is 2.29. The Hall–Kier alpha value is -2.56. The summed E-state index contributed by atoms with van der Waals surface area (Å²) in [5, 5.41) is 2.65. The molecule has 1 aromatic carbocycles. The highest BCUT2D eigenvalue weighted by atomic mass is 16.1. The zero-order chi connectivity index (χ0) is 13.0. The van der Waals surface area contributed by atoms with E-state index in [0.29, 0.717) is 11.3 Å². The summed E-state index contributed by atoms with van der Waals surface area (Å²) in [6, 6.07) is 6.65. The minimum Gasteiger partial charge on any atom is -0.321 e. The van der Waals surface area contributed by atoms with Crippen molar-refractivity contribution in [2.24, 2.45) is 0 Å². The number of hydrogen-bond donors (Lipinski definition) is 1. The Morgan fingerprint density at radius 1 is 1.28 bits per heavy atom. The molecule has 2 rings (SSSR count). The zero-order valence-corrected chi connectivity index (χ0v) is 9.75. The fourth-order valence-corrected chi connectivity index (χ4v) is 1.39. The lowest BCUT2D eigenvalue weighted by Gasteiger charge is -2.04. The molecular weight excluding hydrogens is 230 g/mol. The number of aryl methyl sites for hydroxylation is 1. The molecule has 0 saturated carbocycles. The van der Waals surface area contributed by atoms with Crippen LogP contribution in [0.5, 0.6) is 0 Å². The number of aldehydes is 1. The molecule has 0 aliphatic rings. The SMILES string of the molecule is Cc1cnc(C(=O)Nc2cccc(C=O)c2)cn1. The molecule has 0 atom stereocenters. The second-order valence-corrected chi connectivity index (χ2v) is 3.74. The van der Waals surface area contributed by atoms with Crippen molar-refractivity contribution in [3.05, 3.63) is 53.6 Å². The lowest BCUT2D eigenvalue weighted by molar-refractivity contribution is 0.102. The molecule has 1 amide bonds. The van der Waals surface area contributed by atoms with E-state index in [1.165, 1.54) is 12.4 Å². The average Bonchev–Trinajstić information content (AvgIpc) is 2.39. The number of nitrogens with zero attached hydrogens (tertiary/aromatic N) is 2. The Bertz CT molecular complexity index is 579. The van der Waals surface area contributed by atoms with Gasteiger partial charge in [0.05, 0.1) is 11.9 Å². The van der Waals surface area contributed by atoms with Gasteiger partial charge in [0.25, 0.3) is 5.91 Å². The molecule has 0 aliphatic heterocycles. The van der Waals surface area contributed by atoms with E-state index < -0.39 is 0 Å². The summed E-state index contributed by atoms with van der Waals surface area (Å²) in [6.45, 7) is 1.79. The van der Waals surface area contributed by atoms with E-state index in [1.54, 1.807) is 31.2 Å². The third-order valence-corrected chi connectivity index (χ3v) is 2.29. The molecule has 0 unspecified atom stereocenters. The highest BCUT2D eigenvalue weighted by Crippen LogP contribution is 2.10. The van der Waals surface area contributed by atoms with Crippen molar-refractivity contribution in [1.82, 2.24) is 9.97 Å². The van der Waals surface area contributed by atoms with Crippen LogP contribution >= 0.6 is 0 Å². The van der Waals surface area contributed by atoms with Gasteiger partial charge in [0, 0.05) is 17.4 Å². The smallest absolute Gasteiger partial charge is 0.275 e. The van der Waals surface area contributed by atoms with E-state index in [0.717, 1.165) is 12.0 Å². The largest absolute Gasteiger partial charge is 0.321 e. The monoisotopic (exact) mass is 241 g/mol. The number of hydrogen-bond acceptors (Lipinski definition) is 4. The predicted octanol–water partition coefficient (Wildman–Crippen LogP) is 1.85. The molecular formula is C13H11N3O2. The van der Waals surface area contributed by atoms with Gasteiger partial charge in [0.15, 0.2) is 0 Å². The van der Waals surface area contributed by atoms with Crippen molar-refractivity contribution in [1.29, 1.82) is 0 Å². The number of carbonyl (C=O) groups is 2. The molecule has 1 N–H and O–H groups in total. The van der Waals surface area contributed by atoms with Crippen LogP contribution < -0.4 is 5.32 Å². The van der Waals surface area contributed by atoms with Gasteiger partial charge in [-0.05, 0) is 19.1 Å². The fourth-order valence-electron chi connectivity index (χ4n) is 1.39. The molecule has 0 radical (unpaired) electrons. The van der Waals surface area contributed by atoms with Crippen LogP contribution in [0.4, 0.5) is 5.69 Å². The molecule has 0 spiro atoms. The summed E-state index contributed by atoms with van der Waals surface area (Å²) in [4.78, 5) is 30.4. The normalized spacial score (nSPS) is 9.83. The fraction of sp³-hybridized carbons (Fsp3) is 0.0769. The van der Waals surface area contributed by atoms with Crippen LogP contribution in [0.3, 0.4) is 0 Å². The standard InChI is InChI=1S/C13H11N3O2/c1-9-6-15-12(7-14-9)13(18)16-11-4-2-3-10(5-11)8-17/h2-8H,1H3,(H,16,18). The summed E-state index contributed by atoms with van der Waals surface area (Å²) < 4.78 is 0. The predicted molar refractivity (Wildman–Crippen MR) is 66.6 cm³/mol. The topological polar surface area (TPSA) is 72.0 Å². The van der Waals surface area contributed by atoms with E-state index in [-0.39, 0.29) is 11.6 Å². The Labute approximate surface area is 104 Å². The lowest BCUT2D eigenvalue weighted by Crippen LogP contribution is -2.14. The van der Waals surface area contributed by atoms with E-state index in [2.05, 4.69) is 15.3 Å². The number of nitrogens with one attached hydrogen (secondary N) is 1. The summed E-state index contributed by atoms with van der Waals surface area (Å²) >= 11 is 0. The second-order valence-electron chi connectivity index (χ2n) is 3.74. The molecule has 90 valence electrons. The molecule has 1 heterocycles. The first-order chi connectivity index (χ1) is 8.69. The number of carbonyl (C=O) groups excluding carboxylic acids is 2. The van der Waals surface area contributed by atoms with Gasteiger partial charge in [-0.1, -0.05) is 12.1 Å². The van der Waals surface area contributed by atoms with Gasteiger partial charge in [-0.15, -0.1) is 0 Å². The van der Waals surface area contributed by atoms with E-state index in [4.69, 9.17) is 0 Å². The molecule has 0 saturated heterocycles. The molecule has 18 heavy (non-hydrogen) atoms. The van der Waals surface area contributed by atoms with Crippen LogP contribution in [0, 0.1) is 6.92 Å². The van der Waals surface area contributed by atoms with Crippen molar-refractivity contribution in [2.75, 3.05) is 5.32 Å². The summed E-state index contributed by atoms with van der Waals surface area (Å²) in [5.74, 6) is -0.356. The van der Waals surface area contributed by atoms with Crippen LogP contribution in [0.2, 0.25) is 0 Å². The van der Waals surface area contributed by atoms with Crippen molar-refractivity contribution >= 4 is 17.9 Å². The van der Waals surface area contributed by atoms with Crippen LogP contribution in [-0.2, 0) is 0 Å². The van der Waals surface area contributed by atoms with Crippen molar-refractivity contribution < 1.29 is 9.59 Å². The molecule has 5 heteroatoms. The summed E-state index contributed by atoms with van der Waals surface area (Å²) in [5.41, 5.74) is 2.03. The van der Waals surface area contributed by atoms with Crippen LogP contribution in [0.15, 0.2) is 36.7 Å². The molecule has 0 aliphatic carbocycles. The highest BCUT2D eigenvalue weighted by molar-refractivity contribution is 6.02. The highest BCUT2D eigenvalue weighted by Gasteiger charge is 2.07. The van der Waals surface area contributed by atoms with Gasteiger partial charge < -0.3 is 5.32 Å². The first kappa shape index (κ1) is 11.9. The van der Waals surface area contributed by atoms with Crippen LogP contribution in [0.1, 0.15) is 26.5 Å². The zero-order valence-electron chi connectivity index (χ0n) is 9.75. The van der Waals surface area contributed by atoms with Crippen molar-refractivity contribution in [3.63, 3.8) is 0 Å². The molecule has 1 aromatic heterocycles. The van der Waals surface area contributed by atoms with Gasteiger partial charge >= 0.3 is 0 Å². The lowest BCUT2D eigenvalue weighted by atomic mass is 10.2. The minimum absolute atomic E-state index is 0.233. The van der Waals surface area contributed by atoms with Gasteiger partial charge in [0.1, 0.15) is 12.0 Å². The maximum Gasteiger partial charge on any atom is 0.275 e. The Morgan fingerprint density at radius 3 is 2.78 bits per heavy atom. The molecule has 2 aromatic rings. The van der Waals surface area contributed by atoms with Gasteiger partial charge in [-0.3, -0.25) is 14.6 Å². The first-order valence-corrected chi connectivity index (χ1v) is 5.34. The Morgan fingerprint density at radius 2 is 2.11 bits per heavy atom. The van der Waals surface area contributed by atoms with Gasteiger partial charge in [-0.2, -0.15) is 0 Å². The maximum atomic E-state index is 11.8. The van der Waals surface area contributed by atoms with Crippen molar-refractivity contribution in [2.45, 2.75) is 6.92 Å². The molecule has 5 nitrogen and oxygen atoms in total.